The molecule has 0 aromatic rings. The molecule has 0 fully saturated rings. The maximum Gasteiger partial charge on any atom is 0.306 e. The SMILES string of the molecule is CCCCC/C=C\C/C=C\CCCCCCCCCC(=O)OC(COC(=O)CCCCCCCCCCC/C=C\CCCCCCCCCC)COC(=O)CCCCCCCCCCCCCCCC. The molecule has 0 aromatic carbocycles. The van der Waals surface area contributed by atoms with Crippen molar-refractivity contribution in [1.82, 2.24) is 0 Å². The van der Waals surface area contributed by atoms with Crippen molar-refractivity contribution < 1.29 is 28.6 Å². The fraction of sp³-hybridized carbons (Fsp3) is 0.859. The highest BCUT2D eigenvalue weighted by atomic mass is 16.6. The van der Waals surface area contributed by atoms with E-state index < -0.39 is 6.10 Å². The lowest BCUT2D eigenvalue weighted by atomic mass is 10.0. The van der Waals surface area contributed by atoms with Crippen molar-refractivity contribution >= 4 is 17.9 Å². The van der Waals surface area contributed by atoms with Crippen molar-refractivity contribution in [2.75, 3.05) is 13.2 Å². The zero-order valence-electron chi connectivity index (χ0n) is 47.1. The van der Waals surface area contributed by atoms with E-state index in [-0.39, 0.29) is 31.1 Å². The first kappa shape index (κ1) is 67.6. The molecule has 0 heterocycles. The van der Waals surface area contributed by atoms with E-state index in [4.69, 9.17) is 14.2 Å². The zero-order chi connectivity index (χ0) is 50.7. The van der Waals surface area contributed by atoms with E-state index in [2.05, 4.69) is 57.2 Å². The minimum Gasteiger partial charge on any atom is -0.462 e. The van der Waals surface area contributed by atoms with Crippen LogP contribution in [0.1, 0.15) is 335 Å². The molecule has 0 spiro atoms. The molecule has 0 aliphatic rings. The van der Waals surface area contributed by atoms with E-state index in [1.165, 1.54) is 225 Å². The monoisotopic (exact) mass is 983 g/mol. The third-order valence-electron chi connectivity index (χ3n) is 13.9. The van der Waals surface area contributed by atoms with E-state index >= 15 is 0 Å². The molecule has 70 heavy (non-hydrogen) atoms. The van der Waals surface area contributed by atoms with Crippen molar-refractivity contribution in [3.8, 4) is 0 Å². The molecule has 0 N–H and O–H groups in total. The molecule has 0 saturated carbocycles. The molecule has 410 valence electrons. The van der Waals surface area contributed by atoms with Crippen LogP contribution in [-0.2, 0) is 28.6 Å². The molecular formula is C64H118O6. The first-order valence-corrected chi connectivity index (χ1v) is 31.0. The second-order valence-corrected chi connectivity index (χ2v) is 21.0. The van der Waals surface area contributed by atoms with Gasteiger partial charge in [-0.1, -0.05) is 276 Å². The predicted molar refractivity (Wildman–Crippen MR) is 302 cm³/mol. The first-order valence-electron chi connectivity index (χ1n) is 31.0. The van der Waals surface area contributed by atoms with Crippen LogP contribution in [0.4, 0.5) is 0 Å². The van der Waals surface area contributed by atoms with Crippen LogP contribution in [-0.4, -0.2) is 37.2 Å². The number of carbonyl (C=O) groups is 3. The lowest BCUT2D eigenvalue weighted by molar-refractivity contribution is -0.167. The van der Waals surface area contributed by atoms with Gasteiger partial charge in [0.15, 0.2) is 6.10 Å². The van der Waals surface area contributed by atoms with Gasteiger partial charge in [0.25, 0.3) is 0 Å². The summed E-state index contributed by atoms with van der Waals surface area (Å²) in [5.74, 6) is -0.861. The molecule has 1 unspecified atom stereocenters. The standard InChI is InChI=1S/C64H118O6/c1-4-7-10-13-16-19-22-25-28-30-31-32-33-35-36-39-42-45-48-51-54-57-63(66)69-60-61(59-68-62(65)56-53-50-47-44-41-38-27-24-21-18-15-12-9-6-3)70-64(67)58-55-52-49-46-43-40-37-34-29-26-23-20-17-14-11-8-5-2/h17,20,26,29-31,61H,4-16,18-19,21-25,27-28,32-60H2,1-3H3/b20-17-,29-26-,31-30-. The van der Waals surface area contributed by atoms with Crippen LogP contribution >= 0.6 is 0 Å². The zero-order valence-corrected chi connectivity index (χ0v) is 47.1. The second kappa shape index (κ2) is 59.2. The van der Waals surface area contributed by atoms with Crippen LogP contribution in [0, 0.1) is 0 Å². The highest BCUT2D eigenvalue weighted by molar-refractivity contribution is 5.71. The molecule has 0 saturated heterocycles. The van der Waals surface area contributed by atoms with Gasteiger partial charge in [0.05, 0.1) is 0 Å². The Morgan fingerprint density at radius 3 is 0.829 bits per heavy atom. The number of unbranched alkanes of at least 4 members (excludes halogenated alkanes) is 40. The lowest BCUT2D eigenvalue weighted by Gasteiger charge is -2.18. The Morgan fingerprint density at radius 2 is 0.514 bits per heavy atom. The van der Waals surface area contributed by atoms with Gasteiger partial charge in [0.1, 0.15) is 13.2 Å². The molecule has 0 aromatic heterocycles. The second-order valence-electron chi connectivity index (χ2n) is 21.0. The number of hydrogen-bond acceptors (Lipinski definition) is 6. The maximum absolute atomic E-state index is 12.9. The number of carbonyl (C=O) groups excluding carboxylic acids is 3. The van der Waals surface area contributed by atoms with E-state index in [0.717, 1.165) is 70.6 Å². The van der Waals surface area contributed by atoms with Gasteiger partial charge >= 0.3 is 17.9 Å². The van der Waals surface area contributed by atoms with E-state index in [1.54, 1.807) is 0 Å². The van der Waals surface area contributed by atoms with Crippen LogP contribution in [0.15, 0.2) is 36.5 Å². The van der Waals surface area contributed by atoms with Crippen molar-refractivity contribution in [2.45, 2.75) is 341 Å². The Morgan fingerprint density at radius 1 is 0.286 bits per heavy atom. The average Bonchev–Trinajstić information content (AvgIpc) is 3.36. The molecule has 0 rings (SSSR count). The van der Waals surface area contributed by atoms with Crippen LogP contribution < -0.4 is 0 Å². The summed E-state index contributed by atoms with van der Waals surface area (Å²) in [4.78, 5) is 38.2. The summed E-state index contributed by atoms with van der Waals surface area (Å²) < 4.78 is 16.9. The van der Waals surface area contributed by atoms with Crippen molar-refractivity contribution in [2.24, 2.45) is 0 Å². The summed E-state index contributed by atoms with van der Waals surface area (Å²) in [6.45, 7) is 6.66. The van der Waals surface area contributed by atoms with Gasteiger partial charge < -0.3 is 14.2 Å². The molecular weight excluding hydrogens is 865 g/mol. The summed E-state index contributed by atoms with van der Waals surface area (Å²) in [7, 11) is 0. The topological polar surface area (TPSA) is 78.9 Å². The van der Waals surface area contributed by atoms with Crippen LogP contribution in [0.3, 0.4) is 0 Å². The normalized spacial score (nSPS) is 12.2. The molecule has 1 atom stereocenters. The van der Waals surface area contributed by atoms with Gasteiger partial charge in [-0.2, -0.15) is 0 Å². The maximum atomic E-state index is 12.9. The molecule has 0 aliphatic carbocycles. The largest absolute Gasteiger partial charge is 0.462 e. The highest BCUT2D eigenvalue weighted by Crippen LogP contribution is 2.17. The molecule has 6 nitrogen and oxygen atoms in total. The number of ether oxygens (including phenoxy) is 3. The Labute approximate surface area is 435 Å². The van der Waals surface area contributed by atoms with Gasteiger partial charge in [-0.15, -0.1) is 0 Å². The fourth-order valence-electron chi connectivity index (χ4n) is 9.18. The molecule has 0 aliphatic heterocycles. The fourth-order valence-corrected chi connectivity index (χ4v) is 9.18. The Balaban J connectivity index is 4.32. The van der Waals surface area contributed by atoms with Gasteiger partial charge in [-0.25, -0.2) is 0 Å². The smallest absolute Gasteiger partial charge is 0.306 e. The van der Waals surface area contributed by atoms with Crippen LogP contribution in [0.25, 0.3) is 0 Å². The number of rotatable bonds is 57. The molecule has 6 heteroatoms. The number of allylic oxidation sites excluding steroid dienone is 6. The summed E-state index contributed by atoms with van der Waals surface area (Å²) in [5.41, 5.74) is 0. The minimum atomic E-state index is -0.775. The van der Waals surface area contributed by atoms with Gasteiger partial charge in [-0.3, -0.25) is 14.4 Å². The third kappa shape index (κ3) is 56.5. The number of hydrogen-bond donors (Lipinski definition) is 0. The lowest BCUT2D eigenvalue weighted by Crippen LogP contribution is -2.30. The molecule has 0 radical (unpaired) electrons. The summed E-state index contributed by atoms with van der Waals surface area (Å²) in [6.07, 6.45) is 71.4. The van der Waals surface area contributed by atoms with E-state index in [0.29, 0.717) is 19.3 Å². The summed E-state index contributed by atoms with van der Waals surface area (Å²) in [6, 6.07) is 0. The summed E-state index contributed by atoms with van der Waals surface area (Å²) in [5, 5.41) is 0. The molecule has 0 amide bonds. The van der Waals surface area contributed by atoms with E-state index in [9.17, 15) is 14.4 Å². The Kier molecular flexibility index (Phi) is 57.2. The molecule has 0 bridgehead atoms. The van der Waals surface area contributed by atoms with Crippen molar-refractivity contribution in [1.29, 1.82) is 0 Å². The summed E-state index contributed by atoms with van der Waals surface area (Å²) >= 11 is 0. The predicted octanol–water partition coefficient (Wildman–Crippen LogP) is 20.8. The van der Waals surface area contributed by atoms with Gasteiger partial charge in [0.2, 0.25) is 0 Å². The van der Waals surface area contributed by atoms with Gasteiger partial charge in [0, 0.05) is 19.3 Å². The quantitative estimate of drug-likeness (QED) is 0.0261. The Hall–Kier alpha value is -2.37. The van der Waals surface area contributed by atoms with E-state index in [1.807, 2.05) is 0 Å². The minimum absolute atomic E-state index is 0.0720. The van der Waals surface area contributed by atoms with Crippen molar-refractivity contribution in [3.63, 3.8) is 0 Å². The third-order valence-corrected chi connectivity index (χ3v) is 13.9. The first-order chi connectivity index (χ1) is 34.5. The van der Waals surface area contributed by atoms with Crippen LogP contribution in [0.2, 0.25) is 0 Å². The van der Waals surface area contributed by atoms with Crippen molar-refractivity contribution in [3.05, 3.63) is 36.5 Å². The van der Waals surface area contributed by atoms with Gasteiger partial charge in [-0.05, 0) is 77.0 Å². The average molecular weight is 984 g/mol. The highest BCUT2D eigenvalue weighted by Gasteiger charge is 2.19. The van der Waals surface area contributed by atoms with Crippen LogP contribution in [0.5, 0.6) is 0 Å². The number of esters is 3. The Bertz CT molecular complexity index is 1170.